The second-order valence-corrected chi connectivity index (χ2v) is 7.89. The van der Waals surface area contributed by atoms with Crippen LogP contribution >= 0.6 is 0 Å². The molecule has 0 saturated heterocycles. The maximum absolute atomic E-state index is 11.9. The summed E-state index contributed by atoms with van der Waals surface area (Å²) in [5, 5.41) is 2.28. The van der Waals surface area contributed by atoms with Crippen LogP contribution in [0.5, 0.6) is 0 Å². The third-order valence-corrected chi connectivity index (χ3v) is 6.83. The van der Waals surface area contributed by atoms with Crippen LogP contribution in [0.3, 0.4) is 0 Å². The van der Waals surface area contributed by atoms with Crippen molar-refractivity contribution in [2.45, 2.75) is 44.9 Å². The number of pyridine rings is 2. The van der Waals surface area contributed by atoms with Crippen LogP contribution in [0, 0.1) is 17.5 Å². The average molecular weight is 494 g/mol. The Morgan fingerprint density at radius 3 is 2.83 bits per heavy atom. The Morgan fingerprint density at radius 1 is 1.25 bits per heavy atom. The second kappa shape index (κ2) is 4.80. The monoisotopic (exact) mass is 494 g/mol. The molecule has 0 aliphatic heterocycles. The summed E-state index contributed by atoms with van der Waals surface area (Å²) in [6.45, 7) is 7.21. The van der Waals surface area contributed by atoms with Crippen LogP contribution in [0.25, 0.3) is 16.3 Å². The van der Waals surface area contributed by atoms with E-state index >= 15 is 0 Å². The predicted octanol–water partition coefficient (Wildman–Crippen LogP) is 4.23. The molecule has 1 saturated carbocycles. The number of rotatable bonds is 0. The van der Waals surface area contributed by atoms with E-state index in [4.69, 9.17) is 0 Å². The van der Waals surface area contributed by atoms with Gasteiger partial charge in [0, 0.05) is 31.2 Å². The van der Waals surface area contributed by atoms with Gasteiger partial charge in [-0.1, -0.05) is 38.6 Å². The minimum Gasteiger partial charge on any atom is -0.396 e. The summed E-state index contributed by atoms with van der Waals surface area (Å²) in [7, 11) is 0. The summed E-state index contributed by atoms with van der Waals surface area (Å²) < 4.78 is 2.22. The second-order valence-electron chi connectivity index (χ2n) is 7.89. The van der Waals surface area contributed by atoms with E-state index in [1.807, 2.05) is 12.3 Å². The fraction of sp³-hybridized carbons (Fsp3) is 0.381. The standard InChI is InChI=1S/C21H19NO.Ir/c1-20(2)16-8-10-21(20,3)19-18(16)15-7-5-4-6-14(15)17-12-13(23)9-11-22(17)19;/h4-5,7,9,11,16H,8,10H2,1-3H3;/q-2;. The molecular weight excluding hydrogens is 474 g/mol. The Kier molecular flexibility index (Phi) is 3.21. The molecule has 2 aliphatic rings. The van der Waals surface area contributed by atoms with Crippen molar-refractivity contribution in [3.8, 4) is 0 Å². The summed E-state index contributed by atoms with van der Waals surface area (Å²) in [4.78, 5) is 11.9. The van der Waals surface area contributed by atoms with Crippen molar-refractivity contribution >= 4 is 16.3 Å². The topological polar surface area (TPSA) is 21.5 Å². The quantitative estimate of drug-likeness (QED) is 0.339. The molecule has 2 aromatic heterocycles. The molecule has 0 N–H and O–H groups in total. The van der Waals surface area contributed by atoms with E-state index in [-0.39, 0.29) is 36.4 Å². The molecule has 2 heterocycles. The molecule has 2 aliphatic carbocycles. The molecule has 3 aromatic rings. The number of benzene rings is 1. The summed E-state index contributed by atoms with van der Waals surface area (Å²) in [6.07, 6.45) is 4.40. The molecule has 0 spiro atoms. The Labute approximate surface area is 155 Å². The van der Waals surface area contributed by atoms with Crippen molar-refractivity contribution in [1.82, 2.24) is 4.40 Å². The van der Waals surface area contributed by atoms with Crippen molar-refractivity contribution in [3.05, 3.63) is 64.1 Å². The third kappa shape index (κ3) is 1.63. The summed E-state index contributed by atoms with van der Waals surface area (Å²) in [5.41, 5.74) is 4.04. The van der Waals surface area contributed by atoms with Gasteiger partial charge in [-0.25, -0.2) is 11.5 Å². The van der Waals surface area contributed by atoms with Crippen LogP contribution in [0.4, 0.5) is 0 Å². The molecule has 1 aromatic carbocycles. The molecular formula is C21H19IrNO-2. The van der Waals surface area contributed by atoms with Gasteiger partial charge < -0.3 is 9.20 Å². The molecule has 1 fully saturated rings. The minimum atomic E-state index is -0.0592. The summed E-state index contributed by atoms with van der Waals surface area (Å²) >= 11 is 0. The molecule has 125 valence electrons. The van der Waals surface area contributed by atoms with Gasteiger partial charge in [-0.05, 0) is 24.2 Å². The molecule has 2 atom stereocenters. The van der Waals surface area contributed by atoms with Crippen molar-refractivity contribution in [3.63, 3.8) is 0 Å². The van der Waals surface area contributed by atoms with Gasteiger partial charge in [-0.15, -0.1) is 17.6 Å². The first-order chi connectivity index (χ1) is 10.9. The van der Waals surface area contributed by atoms with Crippen LogP contribution in [-0.2, 0) is 25.5 Å². The Hall–Kier alpha value is -1.44. The number of fused-ring (bicyclic) bond motifs is 10. The zero-order valence-corrected chi connectivity index (χ0v) is 16.5. The molecule has 1 radical (unpaired) electrons. The van der Waals surface area contributed by atoms with Crippen molar-refractivity contribution in [2.75, 3.05) is 0 Å². The maximum Gasteiger partial charge on any atom is 0.0621 e. The van der Waals surface area contributed by atoms with Crippen molar-refractivity contribution in [1.29, 1.82) is 0 Å². The van der Waals surface area contributed by atoms with Crippen LogP contribution in [0.2, 0.25) is 0 Å². The average Bonchev–Trinajstić information content (AvgIpc) is 2.87. The van der Waals surface area contributed by atoms with Gasteiger partial charge in [0.05, 0.1) is 5.43 Å². The van der Waals surface area contributed by atoms with E-state index in [2.05, 4.69) is 49.4 Å². The normalized spacial score (nSPS) is 26.5. The number of hydrogen-bond donors (Lipinski definition) is 0. The Bertz CT molecular complexity index is 1050. The zero-order chi connectivity index (χ0) is 16.0. The Morgan fingerprint density at radius 2 is 2.04 bits per heavy atom. The smallest absolute Gasteiger partial charge is 0.0621 e. The van der Waals surface area contributed by atoms with E-state index in [9.17, 15) is 4.79 Å². The maximum atomic E-state index is 11.9. The van der Waals surface area contributed by atoms with Crippen molar-refractivity contribution in [2.24, 2.45) is 5.41 Å². The van der Waals surface area contributed by atoms with E-state index in [0.29, 0.717) is 5.92 Å². The van der Waals surface area contributed by atoms with Crippen LogP contribution in [0.15, 0.2) is 35.3 Å². The van der Waals surface area contributed by atoms with Gasteiger partial charge in [0.15, 0.2) is 0 Å². The molecule has 0 amide bonds. The van der Waals surface area contributed by atoms with Gasteiger partial charge in [0.25, 0.3) is 0 Å². The fourth-order valence-electron chi connectivity index (χ4n) is 5.26. The largest absolute Gasteiger partial charge is 0.396 e. The summed E-state index contributed by atoms with van der Waals surface area (Å²) in [5.74, 6) is 0.574. The number of hydrogen-bond acceptors (Lipinski definition) is 1. The molecule has 24 heavy (non-hydrogen) atoms. The molecule has 2 nitrogen and oxygen atoms in total. The number of nitrogens with zero attached hydrogens (tertiary/aromatic N) is 1. The molecule has 3 heteroatoms. The van der Waals surface area contributed by atoms with Gasteiger partial charge >= 0.3 is 0 Å². The minimum absolute atomic E-state index is 0. The van der Waals surface area contributed by atoms with Crippen LogP contribution < -0.4 is 5.43 Å². The molecule has 5 rings (SSSR count). The SMILES string of the molecule is CC12CCC(c3c1n1ccc(=O)[c-]c1c1[c-]cccc31)C2(C)C.[Ir]. The van der Waals surface area contributed by atoms with Crippen LogP contribution in [-0.4, -0.2) is 4.40 Å². The van der Waals surface area contributed by atoms with E-state index in [1.54, 1.807) is 6.07 Å². The third-order valence-electron chi connectivity index (χ3n) is 6.83. The van der Waals surface area contributed by atoms with E-state index in [0.717, 1.165) is 10.9 Å². The van der Waals surface area contributed by atoms with Gasteiger partial charge in [0.2, 0.25) is 0 Å². The Balaban J connectivity index is 0.00000146. The molecule has 2 bridgehead atoms. The molecule has 2 unspecified atom stereocenters. The van der Waals surface area contributed by atoms with Crippen LogP contribution in [0.1, 0.15) is 50.8 Å². The first-order valence-corrected chi connectivity index (χ1v) is 8.36. The predicted molar refractivity (Wildman–Crippen MR) is 92.0 cm³/mol. The van der Waals surface area contributed by atoms with Gasteiger partial charge in [-0.3, -0.25) is 0 Å². The zero-order valence-electron chi connectivity index (χ0n) is 14.1. The van der Waals surface area contributed by atoms with Gasteiger partial charge in [0.1, 0.15) is 0 Å². The summed E-state index contributed by atoms with van der Waals surface area (Å²) in [6, 6.07) is 14.2. The number of aromatic nitrogens is 1. The van der Waals surface area contributed by atoms with E-state index in [1.165, 1.54) is 29.5 Å². The first-order valence-electron chi connectivity index (χ1n) is 8.36. The van der Waals surface area contributed by atoms with Crippen molar-refractivity contribution < 1.29 is 20.1 Å². The first kappa shape index (κ1) is 16.1. The van der Waals surface area contributed by atoms with E-state index < -0.39 is 0 Å². The van der Waals surface area contributed by atoms with Gasteiger partial charge in [-0.2, -0.15) is 17.5 Å². The fourth-order valence-corrected chi connectivity index (χ4v) is 5.26.